The molecule has 5 rings (SSSR count). The van der Waals surface area contributed by atoms with Crippen LogP contribution in [0.15, 0.2) is 42.5 Å². The van der Waals surface area contributed by atoms with E-state index in [1.54, 1.807) is 12.1 Å². The first kappa shape index (κ1) is 22.5. The maximum absolute atomic E-state index is 12.8. The number of carbonyl (C=O) groups excluding carboxylic acids is 1. The lowest BCUT2D eigenvalue weighted by Crippen LogP contribution is -2.47. The van der Waals surface area contributed by atoms with Crippen molar-refractivity contribution in [2.75, 3.05) is 19.6 Å². The number of likely N-dealkylation sites (tertiary alicyclic amines) is 1. The number of halogens is 1. The van der Waals surface area contributed by atoms with E-state index in [9.17, 15) is 9.90 Å². The highest BCUT2D eigenvalue weighted by atomic mass is 35.5. The van der Waals surface area contributed by atoms with Gasteiger partial charge in [0.15, 0.2) is 0 Å². The molecule has 2 unspecified atom stereocenters. The largest absolute Gasteiger partial charge is 0.489 e. The van der Waals surface area contributed by atoms with Gasteiger partial charge in [-0.1, -0.05) is 41.9 Å². The molecule has 2 N–H and O–H groups in total. The van der Waals surface area contributed by atoms with Crippen molar-refractivity contribution >= 4 is 17.7 Å². The van der Waals surface area contributed by atoms with Crippen LogP contribution in [0.2, 0.25) is 5.02 Å². The molecule has 0 radical (unpaired) electrons. The average Bonchev–Trinajstić information content (AvgIpc) is 3.29. The van der Waals surface area contributed by atoms with Crippen molar-refractivity contribution < 1.29 is 19.4 Å². The van der Waals surface area contributed by atoms with Crippen molar-refractivity contribution in [1.82, 2.24) is 10.2 Å². The number of hydrogen-bond acceptors (Lipinski definition) is 5. The zero-order valence-corrected chi connectivity index (χ0v) is 19.5. The lowest BCUT2D eigenvalue weighted by molar-refractivity contribution is 0.0727. The number of alkyl carbamates (subject to hydrolysis) is 1. The first-order chi connectivity index (χ1) is 16.0. The summed E-state index contributed by atoms with van der Waals surface area (Å²) in [5.41, 5.74) is 3.11. The van der Waals surface area contributed by atoms with E-state index < -0.39 is 18.2 Å². The molecule has 1 amide bonds. The molecule has 1 saturated heterocycles. The van der Waals surface area contributed by atoms with E-state index in [4.69, 9.17) is 21.1 Å². The maximum atomic E-state index is 12.8. The fraction of sp³-hybridized carbons (Fsp3) is 0.500. The molecule has 0 bridgehead atoms. The summed E-state index contributed by atoms with van der Waals surface area (Å²) in [6.45, 7) is 2.48. The van der Waals surface area contributed by atoms with Gasteiger partial charge in [-0.25, -0.2) is 4.79 Å². The second kappa shape index (κ2) is 9.92. The Morgan fingerprint density at radius 3 is 2.42 bits per heavy atom. The summed E-state index contributed by atoms with van der Waals surface area (Å²) < 4.78 is 11.6. The lowest BCUT2D eigenvalue weighted by atomic mass is 10.0. The molecular formula is C26H31ClN2O4. The van der Waals surface area contributed by atoms with Crippen LogP contribution in [0.3, 0.4) is 0 Å². The monoisotopic (exact) mass is 470 g/mol. The molecule has 2 aromatic carbocycles. The van der Waals surface area contributed by atoms with Crippen LogP contribution in [0.4, 0.5) is 4.79 Å². The Morgan fingerprint density at radius 1 is 1.09 bits per heavy atom. The van der Waals surface area contributed by atoms with E-state index in [-0.39, 0.29) is 12.2 Å². The lowest BCUT2D eigenvalue weighted by Gasteiger charge is -2.29. The van der Waals surface area contributed by atoms with Crippen LogP contribution < -0.4 is 10.1 Å². The summed E-state index contributed by atoms with van der Waals surface area (Å²) >= 11 is 6.43. The fourth-order valence-corrected chi connectivity index (χ4v) is 5.03. The highest BCUT2D eigenvalue weighted by Gasteiger charge is 2.30. The minimum absolute atomic E-state index is 0.180. The molecule has 7 heteroatoms. The van der Waals surface area contributed by atoms with Crippen molar-refractivity contribution in [2.24, 2.45) is 0 Å². The summed E-state index contributed by atoms with van der Waals surface area (Å²) in [5, 5.41) is 14.6. The number of ether oxygens (including phenoxy) is 2. The van der Waals surface area contributed by atoms with E-state index in [1.165, 1.54) is 11.1 Å². The molecular weight excluding hydrogens is 440 g/mol. The van der Waals surface area contributed by atoms with Gasteiger partial charge in [-0.2, -0.15) is 0 Å². The second-order valence-corrected chi connectivity index (χ2v) is 9.82. The van der Waals surface area contributed by atoms with Crippen LogP contribution in [-0.2, 0) is 17.6 Å². The topological polar surface area (TPSA) is 71.0 Å². The van der Waals surface area contributed by atoms with Crippen molar-refractivity contribution in [3.8, 4) is 5.75 Å². The van der Waals surface area contributed by atoms with Gasteiger partial charge < -0.3 is 24.8 Å². The number of nitrogens with zero attached hydrogens (tertiary/aromatic N) is 1. The van der Waals surface area contributed by atoms with Crippen molar-refractivity contribution in [2.45, 2.75) is 62.9 Å². The third kappa shape index (κ3) is 5.62. The van der Waals surface area contributed by atoms with Gasteiger partial charge in [0.05, 0.1) is 17.2 Å². The molecule has 2 aromatic rings. The maximum Gasteiger partial charge on any atom is 0.407 e. The number of fused-ring (bicyclic) bond motifs is 1. The smallest absolute Gasteiger partial charge is 0.407 e. The van der Waals surface area contributed by atoms with Gasteiger partial charge >= 0.3 is 6.09 Å². The number of aliphatic hydroxyl groups is 1. The van der Waals surface area contributed by atoms with E-state index in [2.05, 4.69) is 22.3 Å². The molecule has 3 aliphatic rings. The molecule has 1 saturated carbocycles. The Kier molecular flexibility index (Phi) is 6.76. The van der Waals surface area contributed by atoms with Crippen LogP contribution in [-0.4, -0.2) is 54.0 Å². The van der Waals surface area contributed by atoms with Gasteiger partial charge in [-0.05, 0) is 67.6 Å². The van der Waals surface area contributed by atoms with E-state index in [0.717, 1.165) is 51.6 Å². The number of nitrogens with one attached hydrogen (secondary N) is 1. The minimum Gasteiger partial charge on any atom is -0.489 e. The predicted molar refractivity (Wildman–Crippen MR) is 127 cm³/mol. The predicted octanol–water partition coefficient (Wildman–Crippen LogP) is 4.27. The Bertz CT molecular complexity index is 965. The Balaban J connectivity index is 1.25. The molecule has 1 aliphatic heterocycles. The number of amides is 1. The van der Waals surface area contributed by atoms with Gasteiger partial charge in [-0.3, -0.25) is 0 Å². The zero-order chi connectivity index (χ0) is 22.8. The van der Waals surface area contributed by atoms with E-state index in [0.29, 0.717) is 22.9 Å². The molecule has 2 fully saturated rings. The molecule has 33 heavy (non-hydrogen) atoms. The molecule has 0 spiro atoms. The normalized spacial score (nSPS) is 20.3. The third-order valence-corrected chi connectivity index (χ3v) is 7.04. The van der Waals surface area contributed by atoms with Crippen molar-refractivity contribution in [3.63, 3.8) is 0 Å². The first-order valence-corrected chi connectivity index (χ1v) is 12.3. The highest BCUT2D eigenvalue weighted by molar-refractivity contribution is 6.32. The molecule has 2 atom stereocenters. The van der Waals surface area contributed by atoms with Gasteiger partial charge in [-0.15, -0.1) is 0 Å². The minimum atomic E-state index is -0.911. The van der Waals surface area contributed by atoms with E-state index >= 15 is 0 Å². The van der Waals surface area contributed by atoms with Crippen molar-refractivity contribution in [3.05, 3.63) is 64.2 Å². The number of hydrogen-bond donors (Lipinski definition) is 2. The molecule has 6 nitrogen and oxygen atoms in total. The molecule has 0 aromatic heterocycles. The average molecular weight is 471 g/mol. The summed E-state index contributed by atoms with van der Waals surface area (Å²) in [4.78, 5) is 15.1. The van der Waals surface area contributed by atoms with Crippen LogP contribution in [0, 0.1) is 0 Å². The second-order valence-electron chi connectivity index (χ2n) is 9.41. The summed E-state index contributed by atoms with van der Waals surface area (Å²) in [7, 11) is 0. The van der Waals surface area contributed by atoms with Crippen LogP contribution in [0.5, 0.6) is 5.75 Å². The molecule has 1 heterocycles. The number of carbonyl (C=O) groups is 1. The Morgan fingerprint density at radius 2 is 1.79 bits per heavy atom. The number of aliphatic hydroxyl groups excluding tert-OH is 1. The summed E-state index contributed by atoms with van der Waals surface area (Å²) in [6, 6.07) is 13.0. The van der Waals surface area contributed by atoms with Gasteiger partial charge in [0.25, 0.3) is 0 Å². The summed E-state index contributed by atoms with van der Waals surface area (Å²) in [6.07, 6.45) is 4.48. The zero-order valence-electron chi connectivity index (χ0n) is 18.7. The standard InChI is InChI=1S/C26H31ClN2O4/c27-22-15-19(7-10-24(22)32-20-8-9-20)25(30)23(16-29-11-3-4-12-29)28-26(31)33-21-13-17-5-1-2-6-18(17)14-21/h1-2,5-7,10,15,20-21,23,25,30H,3-4,8-9,11-14,16H2,(H,28,31). The first-order valence-electron chi connectivity index (χ1n) is 12.0. The fourth-order valence-electron chi connectivity index (χ4n) is 4.80. The third-order valence-electron chi connectivity index (χ3n) is 6.74. The number of rotatable bonds is 8. The van der Waals surface area contributed by atoms with Gasteiger partial charge in [0.2, 0.25) is 0 Å². The quantitative estimate of drug-likeness (QED) is 0.602. The Hall–Kier alpha value is -2.28. The van der Waals surface area contributed by atoms with Crippen LogP contribution >= 0.6 is 11.6 Å². The molecule has 176 valence electrons. The van der Waals surface area contributed by atoms with Crippen LogP contribution in [0.25, 0.3) is 0 Å². The number of benzene rings is 2. The van der Waals surface area contributed by atoms with Crippen molar-refractivity contribution in [1.29, 1.82) is 0 Å². The van der Waals surface area contributed by atoms with Gasteiger partial charge in [0.1, 0.15) is 18.0 Å². The van der Waals surface area contributed by atoms with E-state index in [1.807, 2.05) is 18.2 Å². The van der Waals surface area contributed by atoms with Crippen LogP contribution in [0.1, 0.15) is 48.5 Å². The summed E-state index contributed by atoms with van der Waals surface area (Å²) in [5.74, 6) is 0.638. The highest BCUT2D eigenvalue weighted by Crippen LogP contribution is 2.34. The molecule has 2 aliphatic carbocycles. The van der Waals surface area contributed by atoms with Gasteiger partial charge in [0, 0.05) is 19.4 Å². The SMILES string of the molecule is O=C(NC(CN1CCCC1)C(O)c1ccc(OC2CC2)c(Cl)c1)OC1Cc2ccccc2C1. The Labute approximate surface area is 199 Å².